The fraction of sp³-hybridized carbons (Fsp3) is 0.391. The van der Waals surface area contributed by atoms with Gasteiger partial charge in [-0.15, -0.1) is 12.4 Å². The van der Waals surface area contributed by atoms with E-state index in [1.165, 1.54) is 25.7 Å². The standard InChI is InChI=1S/C23H29N3O3.ClH/c1-3-29-21-14-12-19(13-15-21)25-23(28)17-8-10-18(11-9-17)24-22(27)16-26(2)20-6-4-5-7-20;/h8-15,20H,3-7,16H2,1-2H3,(H,24,27)(H,25,28);1H. The van der Waals surface area contributed by atoms with Gasteiger partial charge in [0.05, 0.1) is 13.2 Å². The first-order valence-corrected chi connectivity index (χ1v) is 10.2. The highest BCUT2D eigenvalue weighted by atomic mass is 35.5. The number of hydrogen-bond donors (Lipinski definition) is 2. The third-order valence-electron chi connectivity index (χ3n) is 5.20. The van der Waals surface area contributed by atoms with Crippen molar-refractivity contribution in [3.05, 3.63) is 54.1 Å². The second kappa shape index (κ2) is 11.6. The average Bonchev–Trinajstić information content (AvgIpc) is 3.25. The highest BCUT2D eigenvalue weighted by molar-refractivity contribution is 6.04. The summed E-state index contributed by atoms with van der Waals surface area (Å²) in [6.07, 6.45) is 4.83. The van der Waals surface area contributed by atoms with Gasteiger partial charge in [0, 0.05) is 23.0 Å². The molecule has 6 nitrogen and oxygen atoms in total. The molecule has 0 atom stereocenters. The van der Waals surface area contributed by atoms with Crippen LogP contribution in [-0.4, -0.2) is 43.0 Å². The van der Waals surface area contributed by atoms with E-state index in [9.17, 15) is 9.59 Å². The Labute approximate surface area is 184 Å². The van der Waals surface area contributed by atoms with Crippen molar-refractivity contribution in [1.82, 2.24) is 4.90 Å². The van der Waals surface area contributed by atoms with Crippen molar-refractivity contribution in [2.75, 3.05) is 30.8 Å². The normalized spacial score (nSPS) is 13.6. The molecule has 0 unspecified atom stereocenters. The Morgan fingerprint density at radius 1 is 0.967 bits per heavy atom. The molecule has 1 aliphatic rings. The summed E-state index contributed by atoms with van der Waals surface area (Å²) in [5.74, 6) is 0.531. The van der Waals surface area contributed by atoms with Gasteiger partial charge in [0.1, 0.15) is 5.75 Å². The zero-order valence-electron chi connectivity index (χ0n) is 17.5. The van der Waals surface area contributed by atoms with Gasteiger partial charge >= 0.3 is 0 Å². The van der Waals surface area contributed by atoms with Crippen LogP contribution in [0.15, 0.2) is 48.5 Å². The summed E-state index contributed by atoms with van der Waals surface area (Å²) in [7, 11) is 2.00. The van der Waals surface area contributed by atoms with E-state index in [0.29, 0.717) is 36.1 Å². The van der Waals surface area contributed by atoms with Gasteiger partial charge in [0.15, 0.2) is 0 Å². The van der Waals surface area contributed by atoms with Gasteiger partial charge in [0.25, 0.3) is 5.91 Å². The van der Waals surface area contributed by atoms with Crippen LogP contribution in [0.4, 0.5) is 11.4 Å². The number of carbonyl (C=O) groups excluding carboxylic acids is 2. The lowest BCUT2D eigenvalue weighted by Crippen LogP contribution is -2.36. The van der Waals surface area contributed by atoms with Crippen molar-refractivity contribution in [3.63, 3.8) is 0 Å². The molecule has 1 saturated carbocycles. The molecule has 7 heteroatoms. The molecule has 30 heavy (non-hydrogen) atoms. The number of nitrogens with zero attached hydrogens (tertiary/aromatic N) is 1. The molecule has 0 radical (unpaired) electrons. The number of halogens is 1. The van der Waals surface area contributed by atoms with Gasteiger partial charge in [-0.2, -0.15) is 0 Å². The van der Waals surface area contributed by atoms with E-state index < -0.39 is 0 Å². The predicted molar refractivity (Wildman–Crippen MR) is 123 cm³/mol. The number of nitrogens with one attached hydrogen (secondary N) is 2. The smallest absolute Gasteiger partial charge is 0.255 e. The van der Waals surface area contributed by atoms with Gasteiger partial charge in [0.2, 0.25) is 5.91 Å². The lowest BCUT2D eigenvalue weighted by atomic mass is 10.2. The van der Waals surface area contributed by atoms with Crippen molar-refractivity contribution >= 4 is 35.6 Å². The molecule has 1 aliphatic carbocycles. The molecule has 2 N–H and O–H groups in total. The van der Waals surface area contributed by atoms with Crippen molar-refractivity contribution < 1.29 is 14.3 Å². The molecule has 0 saturated heterocycles. The SMILES string of the molecule is CCOc1ccc(NC(=O)c2ccc(NC(=O)CN(C)C3CCCC3)cc2)cc1.Cl. The number of amides is 2. The Morgan fingerprint density at radius 3 is 2.13 bits per heavy atom. The number of carbonyl (C=O) groups is 2. The maximum Gasteiger partial charge on any atom is 0.255 e. The van der Waals surface area contributed by atoms with E-state index in [4.69, 9.17) is 4.74 Å². The van der Waals surface area contributed by atoms with E-state index in [1.807, 2.05) is 26.1 Å². The van der Waals surface area contributed by atoms with Gasteiger partial charge < -0.3 is 15.4 Å². The van der Waals surface area contributed by atoms with E-state index in [1.54, 1.807) is 36.4 Å². The van der Waals surface area contributed by atoms with Gasteiger partial charge in [-0.05, 0) is 75.3 Å². The number of ether oxygens (including phenoxy) is 1. The van der Waals surface area contributed by atoms with Crippen LogP contribution in [0, 0.1) is 0 Å². The quantitative estimate of drug-likeness (QED) is 0.642. The second-order valence-electron chi connectivity index (χ2n) is 7.39. The predicted octanol–water partition coefficient (Wildman–Crippen LogP) is 4.57. The molecule has 0 aliphatic heterocycles. The van der Waals surface area contributed by atoms with Gasteiger partial charge in [-0.25, -0.2) is 0 Å². The van der Waals surface area contributed by atoms with Crippen LogP contribution in [-0.2, 0) is 4.79 Å². The molecule has 0 aromatic heterocycles. The molecule has 1 fully saturated rings. The molecular formula is C23H30ClN3O3. The summed E-state index contributed by atoms with van der Waals surface area (Å²) < 4.78 is 5.40. The van der Waals surface area contributed by atoms with Crippen LogP contribution in [0.1, 0.15) is 43.0 Å². The number of hydrogen-bond acceptors (Lipinski definition) is 4. The molecule has 0 bridgehead atoms. The van der Waals surface area contributed by atoms with Gasteiger partial charge in [-0.1, -0.05) is 12.8 Å². The summed E-state index contributed by atoms with van der Waals surface area (Å²) in [4.78, 5) is 26.8. The van der Waals surface area contributed by atoms with Crippen LogP contribution in [0.5, 0.6) is 5.75 Å². The Kier molecular flexibility index (Phi) is 9.15. The minimum atomic E-state index is -0.201. The summed E-state index contributed by atoms with van der Waals surface area (Å²) >= 11 is 0. The second-order valence-corrected chi connectivity index (χ2v) is 7.39. The minimum absolute atomic E-state index is 0. The highest BCUT2D eigenvalue weighted by Crippen LogP contribution is 2.22. The fourth-order valence-electron chi connectivity index (χ4n) is 3.61. The third-order valence-corrected chi connectivity index (χ3v) is 5.20. The maximum absolute atomic E-state index is 12.4. The summed E-state index contributed by atoms with van der Waals surface area (Å²) in [5.41, 5.74) is 1.91. The summed E-state index contributed by atoms with van der Waals surface area (Å²) in [6.45, 7) is 2.91. The number of rotatable bonds is 8. The molecule has 2 aromatic carbocycles. The Balaban J connectivity index is 0.00000320. The lowest BCUT2D eigenvalue weighted by Gasteiger charge is -2.23. The summed E-state index contributed by atoms with van der Waals surface area (Å²) in [6, 6.07) is 14.7. The van der Waals surface area contributed by atoms with E-state index in [2.05, 4.69) is 15.5 Å². The number of benzene rings is 2. The zero-order chi connectivity index (χ0) is 20.6. The van der Waals surface area contributed by atoms with Crippen LogP contribution in [0.3, 0.4) is 0 Å². The van der Waals surface area contributed by atoms with Crippen molar-refractivity contribution in [1.29, 1.82) is 0 Å². The van der Waals surface area contributed by atoms with Crippen LogP contribution in [0.2, 0.25) is 0 Å². The maximum atomic E-state index is 12.4. The Hall–Kier alpha value is -2.57. The van der Waals surface area contributed by atoms with Crippen molar-refractivity contribution in [2.24, 2.45) is 0 Å². The first kappa shape index (κ1) is 23.7. The molecule has 0 heterocycles. The molecule has 162 valence electrons. The first-order chi connectivity index (χ1) is 14.0. The number of likely N-dealkylation sites (N-methyl/N-ethyl adjacent to an activating group) is 1. The lowest BCUT2D eigenvalue weighted by molar-refractivity contribution is -0.117. The third kappa shape index (κ3) is 6.75. The summed E-state index contributed by atoms with van der Waals surface area (Å²) in [5, 5.41) is 5.76. The Bertz CT molecular complexity index is 819. The first-order valence-electron chi connectivity index (χ1n) is 10.2. The fourth-order valence-corrected chi connectivity index (χ4v) is 3.61. The monoisotopic (exact) mass is 431 g/mol. The topological polar surface area (TPSA) is 70.7 Å². The van der Waals surface area contributed by atoms with Crippen LogP contribution < -0.4 is 15.4 Å². The molecule has 0 spiro atoms. The van der Waals surface area contributed by atoms with Gasteiger partial charge in [-0.3, -0.25) is 14.5 Å². The van der Waals surface area contributed by atoms with E-state index in [0.717, 1.165) is 5.75 Å². The largest absolute Gasteiger partial charge is 0.494 e. The van der Waals surface area contributed by atoms with Crippen LogP contribution in [0.25, 0.3) is 0 Å². The number of anilines is 2. The van der Waals surface area contributed by atoms with Crippen LogP contribution >= 0.6 is 12.4 Å². The zero-order valence-corrected chi connectivity index (χ0v) is 18.3. The minimum Gasteiger partial charge on any atom is -0.494 e. The van der Waals surface area contributed by atoms with Crippen molar-refractivity contribution in [2.45, 2.75) is 38.6 Å². The van der Waals surface area contributed by atoms with E-state index >= 15 is 0 Å². The molecular weight excluding hydrogens is 402 g/mol. The molecule has 2 amide bonds. The Morgan fingerprint density at radius 2 is 1.53 bits per heavy atom. The molecule has 3 rings (SSSR count). The van der Waals surface area contributed by atoms with E-state index in [-0.39, 0.29) is 24.2 Å². The molecule has 2 aromatic rings. The van der Waals surface area contributed by atoms with Crippen molar-refractivity contribution in [3.8, 4) is 5.75 Å². The highest BCUT2D eigenvalue weighted by Gasteiger charge is 2.21. The average molecular weight is 432 g/mol.